The van der Waals surface area contributed by atoms with Gasteiger partial charge in [-0.1, -0.05) is 37.3 Å². The van der Waals surface area contributed by atoms with Gasteiger partial charge in [0.05, 0.1) is 0 Å². The van der Waals surface area contributed by atoms with Gasteiger partial charge in [-0.05, 0) is 24.3 Å². The lowest BCUT2D eigenvalue weighted by atomic mass is 9.85. The van der Waals surface area contributed by atoms with Crippen LogP contribution in [0.4, 0.5) is 0 Å². The van der Waals surface area contributed by atoms with Crippen LogP contribution in [-0.2, 0) is 11.2 Å². The summed E-state index contributed by atoms with van der Waals surface area (Å²) < 4.78 is 0. The maximum absolute atomic E-state index is 10.7. The minimum Gasteiger partial charge on any atom is -0.480 e. The first-order valence-corrected chi connectivity index (χ1v) is 6.03. The molecule has 1 aromatic rings. The van der Waals surface area contributed by atoms with E-state index in [-0.39, 0.29) is 11.8 Å². The standard InChI is InChI=1S/C15H19NO2/c1-3-13(10-12-7-5-4-6-8-12)11(2)9-14(16)15(17)18/h1,4-8,11,13-14H,9-10,16H2,2H3,(H,17,18)/t11?,13?,14-/m0/s1. The molecule has 0 spiro atoms. The fraction of sp³-hybridized carbons (Fsp3) is 0.400. The monoisotopic (exact) mass is 245 g/mol. The van der Waals surface area contributed by atoms with E-state index in [0.717, 1.165) is 12.0 Å². The first kappa shape index (κ1) is 14.3. The summed E-state index contributed by atoms with van der Waals surface area (Å²) in [5, 5.41) is 8.80. The number of rotatable bonds is 6. The summed E-state index contributed by atoms with van der Waals surface area (Å²) in [5.74, 6) is 1.87. The zero-order valence-corrected chi connectivity index (χ0v) is 10.5. The van der Waals surface area contributed by atoms with Gasteiger partial charge in [0, 0.05) is 5.92 Å². The SMILES string of the molecule is C#CC(Cc1ccccc1)C(C)C[C@H](N)C(=O)O. The van der Waals surface area contributed by atoms with E-state index in [1.54, 1.807) is 0 Å². The maximum atomic E-state index is 10.7. The van der Waals surface area contributed by atoms with Gasteiger partial charge in [0.15, 0.2) is 0 Å². The highest BCUT2D eigenvalue weighted by atomic mass is 16.4. The van der Waals surface area contributed by atoms with E-state index in [0.29, 0.717) is 6.42 Å². The van der Waals surface area contributed by atoms with Crippen molar-refractivity contribution in [2.45, 2.75) is 25.8 Å². The van der Waals surface area contributed by atoms with Crippen molar-refractivity contribution in [2.75, 3.05) is 0 Å². The van der Waals surface area contributed by atoms with E-state index in [1.165, 1.54) is 0 Å². The number of aliphatic carboxylic acids is 1. The van der Waals surface area contributed by atoms with Gasteiger partial charge < -0.3 is 10.8 Å². The molecule has 0 heterocycles. The second-order valence-electron chi connectivity index (χ2n) is 4.62. The predicted octanol–water partition coefficient (Wildman–Crippen LogP) is 1.92. The van der Waals surface area contributed by atoms with Crippen LogP contribution in [-0.4, -0.2) is 17.1 Å². The number of carboxylic acids is 1. The summed E-state index contributed by atoms with van der Waals surface area (Å²) in [7, 11) is 0. The zero-order chi connectivity index (χ0) is 13.5. The van der Waals surface area contributed by atoms with Crippen LogP contribution < -0.4 is 5.73 Å². The lowest BCUT2D eigenvalue weighted by Gasteiger charge is -2.20. The van der Waals surface area contributed by atoms with Crippen LogP contribution in [0.1, 0.15) is 18.9 Å². The molecule has 0 aliphatic heterocycles. The smallest absolute Gasteiger partial charge is 0.320 e. The van der Waals surface area contributed by atoms with Crippen molar-refractivity contribution >= 4 is 5.97 Å². The molecule has 0 aromatic heterocycles. The van der Waals surface area contributed by atoms with Crippen molar-refractivity contribution in [3.63, 3.8) is 0 Å². The molecule has 18 heavy (non-hydrogen) atoms. The van der Waals surface area contributed by atoms with Crippen molar-refractivity contribution in [3.05, 3.63) is 35.9 Å². The quantitative estimate of drug-likeness (QED) is 0.753. The van der Waals surface area contributed by atoms with E-state index in [2.05, 4.69) is 5.92 Å². The molecule has 3 atom stereocenters. The van der Waals surface area contributed by atoms with Gasteiger partial charge in [-0.2, -0.15) is 0 Å². The Hall–Kier alpha value is -1.79. The van der Waals surface area contributed by atoms with Crippen LogP contribution in [0.3, 0.4) is 0 Å². The van der Waals surface area contributed by atoms with Crippen LogP contribution in [0.5, 0.6) is 0 Å². The molecule has 0 amide bonds. The number of terminal acetylenes is 1. The van der Waals surface area contributed by atoms with Gasteiger partial charge in [-0.3, -0.25) is 4.79 Å². The number of carboxylic acid groups (broad SMARTS) is 1. The van der Waals surface area contributed by atoms with Crippen molar-refractivity contribution in [1.29, 1.82) is 0 Å². The molecule has 1 aromatic carbocycles. The molecule has 0 aliphatic rings. The molecule has 1 rings (SSSR count). The third-order valence-corrected chi connectivity index (χ3v) is 3.14. The van der Waals surface area contributed by atoms with Crippen molar-refractivity contribution in [3.8, 4) is 12.3 Å². The summed E-state index contributed by atoms with van der Waals surface area (Å²) in [6, 6.07) is 9.10. The maximum Gasteiger partial charge on any atom is 0.320 e. The minimum absolute atomic E-state index is 0.0119. The van der Waals surface area contributed by atoms with E-state index < -0.39 is 12.0 Å². The van der Waals surface area contributed by atoms with Gasteiger partial charge in [0.2, 0.25) is 0 Å². The highest BCUT2D eigenvalue weighted by Gasteiger charge is 2.21. The highest BCUT2D eigenvalue weighted by molar-refractivity contribution is 5.73. The summed E-state index contributed by atoms with van der Waals surface area (Å²) in [5.41, 5.74) is 6.70. The van der Waals surface area contributed by atoms with Gasteiger partial charge in [0.25, 0.3) is 0 Å². The Labute approximate surface area is 108 Å². The summed E-state index contributed by atoms with van der Waals surface area (Å²) in [6.07, 6.45) is 6.69. The van der Waals surface area contributed by atoms with Crippen molar-refractivity contribution in [2.24, 2.45) is 17.6 Å². The van der Waals surface area contributed by atoms with Gasteiger partial charge in [-0.15, -0.1) is 12.3 Å². The van der Waals surface area contributed by atoms with Crippen molar-refractivity contribution in [1.82, 2.24) is 0 Å². The van der Waals surface area contributed by atoms with E-state index in [4.69, 9.17) is 17.3 Å². The molecule has 3 heteroatoms. The zero-order valence-electron chi connectivity index (χ0n) is 10.5. The Kier molecular flexibility index (Phi) is 5.41. The van der Waals surface area contributed by atoms with Gasteiger partial charge in [-0.25, -0.2) is 0 Å². The number of nitrogens with two attached hydrogens (primary N) is 1. The summed E-state index contributed by atoms with van der Waals surface area (Å²) >= 11 is 0. The molecule has 2 unspecified atom stereocenters. The Morgan fingerprint density at radius 2 is 2.06 bits per heavy atom. The van der Waals surface area contributed by atoms with Crippen LogP contribution in [0.15, 0.2) is 30.3 Å². The Bertz CT molecular complexity index is 422. The number of hydrogen-bond donors (Lipinski definition) is 2. The predicted molar refractivity (Wildman–Crippen MR) is 71.9 cm³/mol. The van der Waals surface area contributed by atoms with Gasteiger partial charge in [0.1, 0.15) is 6.04 Å². The molecule has 3 nitrogen and oxygen atoms in total. The normalized spacial score (nSPS) is 15.4. The lowest BCUT2D eigenvalue weighted by molar-refractivity contribution is -0.139. The molecule has 0 saturated carbocycles. The molecular weight excluding hydrogens is 226 g/mol. The van der Waals surface area contributed by atoms with E-state index in [1.807, 2.05) is 37.3 Å². The molecule has 0 saturated heterocycles. The number of benzene rings is 1. The van der Waals surface area contributed by atoms with E-state index >= 15 is 0 Å². The van der Waals surface area contributed by atoms with Crippen LogP contribution in [0.25, 0.3) is 0 Å². The fourth-order valence-corrected chi connectivity index (χ4v) is 1.96. The molecule has 0 aliphatic carbocycles. The third-order valence-electron chi connectivity index (χ3n) is 3.14. The summed E-state index contributed by atoms with van der Waals surface area (Å²) in [6.45, 7) is 1.95. The summed E-state index contributed by atoms with van der Waals surface area (Å²) in [4.78, 5) is 10.7. The Morgan fingerprint density at radius 1 is 1.44 bits per heavy atom. The average Bonchev–Trinajstić information content (AvgIpc) is 2.36. The highest BCUT2D eigenvalue weighted by Crippen LogP contribution is 2.21. The third kappa shape index (κ3) is 4.23. The van der Waals surface area contributed by atoms with Gasteiger partial charge >= 0.3 is 5.97 Å². The van der Waals surface area contributed by atoms with Crippen LogP contribution >= 0.6 is 0 Å². The molecule has 0 bridgehead atoms. The number of hydrogen-bond acceptors (Lipinski definition) is 2. The van der Waals surface area contributed by atoms with E-state index in [9.17, 15) is 4.79 Å². The fourth-order valence-electron chi connectivity index (χ4n) is 1.96. The van der Waals surface area contributed by atoms with Crippen molar-refractivity contribution < 1.29 is 9.90 Å². The molecule has 3 N–H and O–H groups in total. The second kappa shape index (κ2) is 6.83. The molecule has 0 fully saturated rings. The number of carbonyl (C=O) groups is 1. The average molecular weight is 245 g/mol. The first-order valence-electron chi connectivity index (χ1n) is 6.03. The Morgan fingerprint density at radius 3 is 2.56 bits per heavy atom. The molecular formula is C15H19NO2. The minimum atomic E-state index is -0.975. The largest absolute Gasteiger partial charge is 0.480 e. The molecule has 0 radical (unpaired) electrons. The first-order chi connectivity index (χ1) is 8.54. The second-order valence-corrected chi connectivity index (χ2v) is 4.62. The topological polar surface area (TPSA) is 63.3 Å². The molecule has 96 valence electrons. The van der Waals surface area contributed by atoms with Crippen LogP contribution in [0, 0.1) is 24.2 Å². The Balaban J connectivity index is 2.61. The lowest BCUT2D eigenvalue weighted by Crippen LogP contribution is -2.33. The van der Waals surface area contributed by atoms with Crippen LogP contribution in [0.2, 0.25) is 0 Å².